The summed E-state index contributed by atoms with van der Waals surface area (Å²) in [5.74, 6) is 0.526. The molecule has 0 spiro atoms. The topological polar surface area (TPSA) is 69.2 Å². The Morgan fingerprint density at radius 3 is 2.72 bits per heavy atom. The summed E-state index contributed by atoms with van der Waals surface area (Å²) in [6.45, 7) is 0. The minimum Gasteiger partial charge on any atom is -0.327 e. The molecular weight excluding hydrogens is 228 g/mol. The van der Waals surface area contributed by atoms with E-state index >= 15 is 0 Å². The van der Waals surface area contributed by atoms with Gasteiger partial charge < -0.3 is 5.73 Å². The van der Waals surface area contributed by atoms with Crippen molar-refractivity contribution in [2.24, 2.45) is 11.7 Å². The normalized spacial score (nSPS) is 23.8. The highest BCUT2D eigenvalue weighted by Crippen LogP contribution is 2.28. The molecule has 4 nitrogen and oxygen atoms in total. The maximum Gasteiger partial charge on any atom is 0.272 e. The molecule has 0 amide bonds. The highest BCUT2D eigenvalue weighted by molar-refractivity contribution is 5.39. The van der Waals surface area contributed by atoms with Crippen LogP contribution in [0.1, 0.15) is 37.7 Å². The number of aryl methyl sites for hydroxylation is 1. The van der Waals surface area contributed by atoms with E-state index < -0.39 is 0 Å². The summed E-state index contributed by atoms with van der Waals surface area (Å²) < 4.78 is 0. The van der Waals surface area contributed by atoms with Crippen LogP contribution in [0.3, 0.4) is 0 Å². The van der Waals surface area contributed by atoms with Crippen LogP contribution < -0.4 is 5.73 Å². The van der Waals surface area contributed by atoms with E-state index in [1.54, 1.807) is 12.1 Å². The van der Waals surface area contributed by atoms with Crippen LogP contribution in [0, 0.1) is 16.0 Å². The van der Waals surface area contributed by atoms with Crippen LogP contribution >= 0.6 is 0 Å². The molecule has 1 aromatic carbocycles. The lowest BCUT2D eigenvalue weighted by molar-refractivity contribution is -0.385. The molecule has 1 aliphatic rings. The Hall–Kier alpha value is -1.42. The van der Waals surface area contributed by atoms with Crippen LogP contribution in [0.15, 0.2) is 24.3 Å². The molecule has 4 heteroatoms. The van der Waals surface area contributed by atoms with Crippen molar-refractivity contribution in [1.29, 1.82) is 0 Å². The van der Waals surface area contributed by atoms with Crippen molar-refractivity contribution in [3.05, 3.63) is 39.9 Å². The number of rotatable bonds is 4. The van der Waals surface area contributed by atoms with Crippen LogP contribution in [0.4, 0.5) is 5.69 Å². The molecule has 1 aliphatic carbocycles. The molecule has 2 unspecified atom stereocenters. The largest absolute Gasteiger partial charge is 0.327 e. The quantitative estimate of drug-likeness (QED) is 0.657. The number of nitro benzene ring substituents is 1. The average molecular weight is 248 g/mol. The molecule has 1 fully saturated rings. The molecular formula is C14H20N2O2. The van der Waals surface area contributed by atoms with E-state index in [0.29, 0.717) is 5.92 Å². The molecule has 0 bridgehead atoms. The lowest BCUT2D eigenvalue weighted by Gasteiger charge is -2.28. The van der Waals surface area contributed by atoms with Crippen LogP contribution in [-0.2, 0) is 6.42 Å². The minimum absolute atomic E-state index is 0.238. The lowest BCUT2D eigenvalue weighted by Crippen LogP contribution is -2.33. The molecule has 0 aromatic heterocycles. The SMILES string of the molecule is NC1CCCCC1CCc1ccccc1[N+](=O)[O-]. The van der Waals surface area contributed by atoms with Gasteiger partial charge in [-0.2, -0.15) is 0 Å². The third-order valence-electron chi connectivity index (χ3n) is 3.94. The maximum atomic E-state index is 10.9. The first kappa shape index (κ1) is 13.0. The third-order valence-corrected chi connectivity index (χ3v) is 3.94. The molecule has 0 heterocycles. The number of hydrogen-bond acceptors (Lipinski definition) is 3. The molecule has 98 valence electrons. The second-order valence-corrected chi connectivity index (χ2v) is 5.13. The summed E-state index contributed by atoms with van der Waals surface area (Å²) in [6.07, 6.45) is 6.46. The van der Waals surface area contributed by atoms with Crippen molar-refractivity contribution in [2.45, 2.75) is 44.6 Å². The lowest BCUT2D eigenvalue weighted by atomic mass is 9.81. The number of nitrogens with two attached hydrogens (primary N) is 1. The van der Waals surface area contributed by atoms with Crippen molar-refractivity contribution in [3.63, 3.8) is 0 Å². The zero-order valence-corrected chi connectivity index (χ0v) is 10.5. The summed E-state index contributed by atoms with van der Waals surface area (Å²) in [5, 5.41) is 10.9. The van der Waals surface area contributed by atoms with E-state index in [2.05, 4.69) is 0 Å². The monoisotopic (exact) mass is 248 g/mol. The highest BCUT2D eigenvalue weighted by Gasteiger charge is 2.22. The predicted octanol–water partition coefficient (Wildman–Crippen LogP) is 3.04. The van der Waals surface area contributed by atoms with Gasteiger partial charge in [-0.25, -0.2) is 0 Å². The van der Waals surface area contributed by atoms with E-state index in [9.17, 15) is 10.1 Å². The summed E-state index contributed by atoms with van der Waals surface area (Å²) in [4.78, 5) is 10.6. The molecule has 1 saturated carbocycles. The Bertz CT molecular complexity index is 420. The first-order valence-electron chi connectivity index (χ1n) is 6.66. The van der Waals surface area contributed by atoms with E-state index in [0.717, 1.165) is 24.8 Å². The van der Waals surface area contributed by atoms with E-state index in [1.807, 2.05) is 12.1 Å². The van der Waals surface area contributed by atoms with E-state index in [-0.39, 0.29) is 16.7 Å². The highest BCUT2D eigenvalue weighted by atomic mass is 16.6. The number of para-hydroxylation sites is 1. The zero-order valence-electron chi connectivity index (χ0n) is 10.5. The van der Waals surface area contributed by atoms with Gasteiger partial charge in [-0.15, -0.1) is 0 Å². The Kier molecular flexibility index (Phi) is 4.31. The van der Waals surface area contributed by atoms with Crippen molar-refractivity contribution in [1.82, 2.24) is 0 Å². The summed E-state index contributed by atoms with van der Waals surface area (Å²) >= 11 is 0. The molecule has 2 atom stereocenters. The fourth-order valence-corrected chi connectivity index (χ4v) is 2.84. The molecule has 2 N–H and O–H groups in total. The van der Waals surface area contributed by atoms with Gasteiger partial charge in [0.05, 0.1) is 4.92 Å². The van der Waals surface area contributed by atoms with E-state index in [4.69, 9.17) is 5.73 Å². The fraction of sp³-hybridized carbons (Fsp3) is 0.571. The number of benzene rings is 1. The number of nitro groups is 1. The first-order valence-corrected chi connectivity index (χ1v) is 6.66. The molecule has 2 rings (SSSR count). The van der Waals surface area contributed by atoms with E-state index in [1.165, 1.54) is 19.3 Å². The minimum atomic E-state index is -0.296. The van der Waals surface area contributed by atoms with Gasteiger partial charge in [0, 0.05) is 17.7 Å². The smallest absolute Gasteiger partial charge is 0.272 e. The number of nitrogens with zero attached hydrogens (tertiary/aromatic N) is 1. The Morgan fingerprint density at radius 2 is 2.00 bits per heavy atom. The van der Waals surface area contributed by atoms with Gasteiger partial charge in [-0.3, -0.25) is 10.1 Å². The number of hydrogen-bond donors (Lipinski definition) is 1. The van der Waals surface area contributed by atoms with Crippen LogP contribution in [0.2, 0.25) is 0 Å². The van der Waals surface area contributed by atoms with Gasteiger partial charge in [0.2, 0.25) is 0 Å². The Morgan fingerprint density at radius 1 is 1.28 bits per heavy atom. The van der Waals surface area contributed by atoms with Crippen LogP contribution in [-0.4, -0.2) is 11.0 Å². The van der Waals surface area contributed by atoms with Gasteiger partial charge in [0.25, 0.3) is 5.69 Å². The summed E-state index contributed by atoms with van der Waals surface area (Å²) in [5.41, 5.74) is 7.18. The van der Waals surface area contributed by atoms with Crippen molar-refractivity contribution in [2.75, 3.05) is 0 Å². The molecule has 1 aromatic rings. The maximum absolute atomic E-state index is 10.9. The Labute approximate surface area is 107 Å². The second-order valence-electron chi connectivity index (χ2n) is 5.13. The van der Waals surface area contributed by atoms with Crippen molar-refractivity contribution in [3.8, 4) is 0 Å². The van der Waals surface area contributed by atoms with Crippen LogP contribution in [0.25, 0.3) is 0 Å². The molecule has 0 radical (unpaired) electrons. The molecule has 0 saturated heterocycles. The third kappa shape index (κ3) is 3.07. The van der Waals surface area contributed by atoms with Gasteiger partial charge in [0.1, 0.15) is 0 Å². The van der Waals surface area contributed by atoms with Gasteiger partial charge >= 0.3 is 0 Å². The summed E-state index contributed by atoms with van der Waals surface area (Å²) in [7, 11) is 0. The fourth-order valence-electron chi connectivity index (χ4n) is 2.84. The zero-order chi connectivity index (χ0) is 13.0. The molecule has 0 aliphatic heterocycles. The summed E-state index contributed by atoms with van der Waals surface area (Å²) in [6, 6.07) is 7.29. The first-order chi connectivity index (χ1) is 8.68. The molecule has 18 heavy (non-hydrogen) atoms. The van der Waals surface area contributed by atoms with Gasteiger partial charge in [-0.05, 0) is 31.6 Å². The average Bonchev–Trinajstić information content (AvgIpc) is 2.38. The van der Waals surface area contributed by atoms with Crippen LogP contribution in [0.5, 0.6) is 0 Å². The van der Waals surface area contributed by atoms with Crippen molar-refractivity contribution >= 4 is 5.69 Å². The predicted molar refractivity (Wildman–Crippen MR) is 71.4 cm³/mol. The Balaban J connectivity index is 1.99. The van der Waals surface area contributed by atoms with Gasteiger partial charge in [-0.1, -0.05) is 31.0 Å². The second kappa shape index (κ2) is 5.96. The van der Waals surface area contributed by atoms with Crippen molar-refractivity contribution < 1.29 is 4.92 Å². The standard InChI is InChI=1S/C14H20N2O2/c15-13-7-3-1-5-11(13)9-10-12-6-2-4-8-14(12)16(17)18/h2,4,6,8,11,13H,1,3,5,7,9-10,15H2. The van der Waals surface area contributed by atoms with Gasteiger partial charge in [0.15, 0.2) is 0 Å².